The Labute approximate surface area is 123 Å². The maximum atomic E-state index is 6.11. The van der Waals surface area contributed by atoms with E-state index in [1.807, 2.05) is 44.1 Å². The molecule has 0 amide bonds. The Morgan fingerprint density at radius 1 is 1.10 bits per heavy atom. The molecule has 2 aromatic rings. The lowest BCUT2D eigenvalue weighted by molar-refractivity contribution is 0.963. The topological polar surface area (TPSA) is 66.0 Å². The minimum Gasteiger partial charge on any atom is -0.357 e. The van der Waals surface area contributed by atoms with Gasteiger partial charge in [-0.3, -0.25) is 0 Å². The third kappa shape index (κ3) is 3.27. The summed E-state index contributed by atoms with van der Waals surface area (Å²) in [6.45, 7) is 1.96. The molecule has 0 aliphatic rings. The first-order chi connectivity index (χ1) is 9.49. The van der Waals surface area contributed by atoms with Gasteiger partial charge in [0.15, 0.2) is 0 Å². The van der Waals surface area contributed by atoms with Crippen LogP contribution in [0.5, 0.6) is 0 Å². The average molecular weight is 293 g/mol. The van der Waals surface area contributed by atoms with E-state index in [9.17, 15) is 0 Å². The van der Waals surface area contributed by atoms with Gasteiger partial charge in [-0.15, -0.1) is 0 Å². The number of anilines is 4. The number of aromatic nitrogens is 3. The molecule has 1 heterocycles. The number of nitrogens with one attached hydrogen (secondary N) is 2. The van der Waals surface area contributed by atoms with Crippen molar-refractivity contribution in [2.24, 2.45) is 0 Å². The summed E-state index contributed by atoms with van der Waals surface area (Å²) in [5, 5.41) is 6.74. The highest BCUT2D eigenvalue weighted by Gasteiger charge is 2.08. The molecule has 0 saturated heterocycles. The standard InChI is InChI=1S/C13H17ClN6/c1-8-5-6-9(7-10(8)14)16-12-17-11(15-2)18-13(19-12)20(3)4/h5-7H,1-4H3,(H2,15,16,17,18,19). The molecule has 2 N–H and O–H groups in total. The first-order valence-corrected chi connectivity index (χ1v) is 6.51. The molecule has 0 spiro atoms. The molecule has 0 unspecified atom stereocenters. The van der Waals surface area contributed by atoms with Crippen molar-refractivity contribution in [1.29, 1.82) is 0 Å². The van der Waals surface area contributed by atoms with E-state index in [2.05, 4.69) is 25.6 Å². The van der Waals surface area contributed by atoms with Gasteiger partial charge >= 0.3 is 0 Å². The van der Waals surface area contributed by atoms with Crippen LogP contribution in [0.25, 0.3) is 0 Å². The van der Waals surface area contributed by atoms with Crippen LogP contribution in [-0.2, 0) is 0 Å². The minimum absolute atomic E-state index is 0.466. The second kappa shape index (κ2) is 5.92. The quantitative estimate of drug-likeness (QED) is 0.903. The van der Waals surface area contributed by atoms with Crippen molar-refractivity contribution in [3.8, 4) is 0 Å². The predicted molar refractivity (Wildman–Crippen MR) is 83.2 cm³/mol. The normalized spacial score (nSPS) is 10.2. The van der Waals surface area contributed by atoms with Gasteiger partial charge in [-0.05, 0) is 24.6 Å². The molecule has 20 heavy (non-hydrogen) atoms. The molecule has 0 radical (unpaired) electrons. The fraction of sp³-hybridized carbons (Fsp3) is 0.308. The molecule has 1 aromatic heterocycles. The van der Waals surface area contributed by atoms with Gasteiger partial charge in [0, 0.05) is 31.9 Å². The summed E-state index contributed by atoms with van der Waals surface area (Å²) < 4.78 is 0. The smallest absolute Gasteiger partial charge is 0.233 e. The second-order valence-electron chi connectivity index (χ2n) is 4.52. The van der Waals surface area contributed by atoms with Crippen LogP contribution in [0.4, 0.5) is 23.5 Å². The van der Waals surface area contributed by atoms with Gasteiger partial charge in [0.2, 0.25) is 17.8 Å². The van der Waals surface area contributed by atoms with E-state index in [4.69, 9.17) is 11.6 Å². The lowest BCUT2D eigenvalue weighted by Gasteiger charge is -2.13. The molecule has 0 aliphatic heterocycles. The van der Waals surface area contributed by atoms with Crippen LogP contribution in [-0.4, -0.2) is 36.1 Å². The van der Waals surface area contributed by atoms with E-state index in [1.165, 1.54) is 0 Å². The summed E-state index contributed by atoms with van der Waals surface area (Å²) in [5.74, 6) is 1.54. The van der Waals surface area contributed by atoms with Gasteiger partial charge in [-0.1, -0.05) is 17.7 Å². The predicted octanol–water partition coefficient (Wildman–Crippen LogP) is 2.68. The molecule has 106 valence electrons. The van der Waals surface area contributed by atoms with Crippen molar-refractivity contribution in [2.75, 3.05) is 36.7 Å². The van der Waals surface area contributed by atoms with E-state index >= 15 is 0 Å². The maximum Gasteiger partial charge on any atom is 0.233 e. The Morgan fingerprint density at radius 3 is 2.40 bits per heavy atom. The Hall–Kier alpha value is -2.08. The largest absolute Gasteiger partial charge is 0.357 e. The lowest BCUT2D eigenvalue weighted by atomic mass is 10.2. The Kier molecular flexibility index (Phi) is 4.24. The second-order valence-corrected chi connectivity index (χ2v) is 4.92. The van der Waals surface area contributed by atoms with Crippen molar-refractivity contribution in [1.82, 2.24) is 15.0 Å². The Bertz CT molecular complexity index is 614. The Balaban J connectivity index is 2.32. The molecule has 7 heteroatoms. The highest BCUT2D eigenvalue weighted by molar-refractivity contribution is 6.31. The molecular weight excluding hydrogens is 276 g/mol. The van der Waals surface area contributed by atoms with Crippen molar-refractivity contribution < 1.29 is 0 Å². The van der Waals surface area contributed by atoms with Gasteiger partial charge < -0.3 is 15.5 Å². The van der Waals surface area contributed by atoms with Crippen molar-refractivity contribution in [3.63, 3.8) is 0 Å². The fourth-order valence-corrected chi connectivity index (χ4v) is 1.71. The highest BCUT2D eigenvalue weighted by atomic mass is 35.5. The average Bonchev–Trinajstić information content (AvgIpc) is 2.42. The van der Waals surface area contributed by atoms with Crippen LogP contribution < -0.4 is 15.5 Å². The van der Waals surface area contributed by atoms with Crippen LogP contribution >= 0.6 is 11.6 Å². The zero-order chi connectivity index (χ0) is 14.7. The fourth-order valence-electron chi connectivity index (χ4n) is 1.53. The van der Waals surface area contributed by atoms with Gasteiger partial charge in [-0.2, -0.15) is 15.0 Å². The number of aryl methyl sites for hydroxylation is 1. The lowest BCUT2D eigenvalue weighted by Crippen LogP contribution is -2.15. The summed E-state index contributed by atoms with van der Waals surface area (Å²) in [6, 6.07) is 5.71. The molecule has 0 fully saturated rings. The monoisotopic (exact) mass is 292 g/mol. The number of benzene rings is 1. The van der Waals surface area contributed by atoms with E-state index < -0.39 is 0 Å². The van der Waals surface area contributed by atoms with Gasteiger partial charge in [0.25, 0.3) is 0 Å². The maximum absolute atomic E-state index is 6.11. The van der Waals surface area contributed by atoms with Crippen molar-refractivity contribution >= 4 is 35.1 Å². The summed E-state index contributed by atoms with van der Waals surface area (Å²) >= 11 is 6.11. The SMILES string of the molecule is CNc1nc(Nc2ccc(C)c(Cl)c2)nc(N(C)C)n1. The number of nitrogens with zero attached hydrogens (tertiary/aromatic N) is 4. The van der Waals surface area contributed by atoms with Gasteiger partial charge in [0.05, 0.1) is 0 Å². The van der Waals surface area contributed by atoms with Crippen molar-refractivity contribution in [3.05, 3.63) is 28.8 Å². The molecule has 2 rings (SSSR count). The summed E-state index contributed by atoms with van der Waals surface area (Å²) in [6.07, 6.45) is 0. The molecule has 6 nitrogen and oxygen atoms in total. The van der Waals surface area contributed by atoms with E-state index in [-0.39, 0.29) is 0 Å². The van der Waals surface area contributed by atoms with E-state index in [0.717, 1.165) is 11.3 Å². The number of rotatable bonds is 4. The zero-order valence-corrected chi connectivity index (χ0v) is 12.7. The van der Waals surface area contributed by atoms with Gasteiger partial charge in [-0.25, -0.2) is 0 Å². The van der Waals surface area contributed by atoms with E-state index in [0.29, 0.717) is 22.9 Å². The zero-order valence-electron chi connectivity index (χ0n) is 11.9. The molecule has 1 aromatic carbocycles. The molecule has 0 atom stereocenters. The molecule has 0 bridgehead atoms. The summed E-state index contributed by atoms with van der Waals surface area (Å²) in [4.78, 5) is 14.7. The van der Waals surface area contributed by atoms with Gasteiger partial charge in [0.1, 0.15) is 0 Å². The Morgan fingerprint density at radius 2 is 1.80 bits per heavy atom. The van der Waals surface area contributed by atoms with Crippen LogP contribution in [0.15, 0.2) is 18.2 Å². The first kappa shape index (κ1) is 14.3. The van der Waals surface area contributed by atoms with Crippen molar-refractivity contribution in [2.45, 2.75) is 6.92 Å². The molecule has 0 aliphatic carbocycles. The number of halogens is 1. The van der Waals surface area contributed by atoms with Crippen LogP contribution in [0, 0.1) is 6.92 Å². The number of hydrogen-bond acceptors (Lipinski definition) is 6. The first-order valence-electron chi connectivity index (χ1n) is 6.14. The highest BCUT2D eigenvalue weighted by Crippen LogP contribution is 2.22. The number of hydrogen-bond donors (Lipinski definition) is 2. The minimum atomic E-state index is 0.466. The van der Waals surface area contributed by atoms with E-state index in [1.54, 1.807) is 7.05 Å². The summed E-state index contributed by atoms with van der Waals surface area (Å²) in [7, 11) is 5.52. The summed E-state index contributed by atoms with van der Waals surface area (Å²) in [5.41, 5.74) is 1.86. The third-order valence-electron chi connectivity index (χ3n) is 2.68. The molecule has 0 saturated carbocycles. The van der Waals surface area contributed by atoms with Crippen LogP contribution in [0.3, 0.4) is 0 Å². The molecular formula is C13H17ClN6. The van der Waals surface area contributed by atoms with Crippen LogP contribution in [0.2, 0.25) is 5.02 Å². The van der Waals surface area contributed by atoms with Crippen LogP contribution in [0.1, 0.15) is 5.56 Å². The third-order valence-corrected chi connectivity index (χ3v) is 3.08.